The van der Waals surface area contributed by atoms with E-state index in [-0.39, 0.29) is 11.4 Å². The zero-order chi connectivity index (χ0) is 9.90. The molecule has 0 unspecified atom stereocenters. The normalized spacial score (nSPS) is 19.9. The Balaban J connectivity index is 2.52. The van der Waals surface area contributed by atoms with Crippen LogP contribution in [0.3, 0.4) is 0 Å². The van der Waals surface area contributed by atoms with E-state index in [0.717, 1.165) is 13.0 Å². The minimum absolute atomic E-state index is 0.0421. The average molecular weight is 179 g/mol. The van der Waals surface area contributed by atoms with Crippen LogP contribution in [0.25, 0.3) is 0 Å². The van der Waals surface area contributed by atoms with Crippen molar-refractivity contribution in [2.75, 3.05) is 6.54 Å². The summed E-state index contributed by atoms with van der Waals surface area (Å²) in [5.74, 6) is 2.50. The standard InChI is InChI=1S/C10H15N2O/c1-4-5-6-9(13)12-10(2,3)7-8-11-12/h1H,5-8H2,2-3H3. The van der Waals surface area contributed by atoms with E-state index in [1.54, 1.807) is 5.01 Å². The lowest BCUT2D eigenvalue weighted by atomic mass is 10.0. The SMILES string of the molecule is C#CCCC(=O)N1[N]CCC1(C)C. The quantitative estimate of drug-likeness (QED) is 0.581. The molecule has 0 aromatic rings. The number of amides is 1. The number of hydrogen-bond acceptors (Lipinski definition) is 1. The molecule has 1 amide bonds. The largest absolute Gasteiger partial charge is 0.273 e. The monoisotopic (exact) mass is 179 g/mol. The van der Waals surface area contributed by atoms with Crippen molar-refractivity contribution in [1.29, 1.82) is 0 Å². The van der Waals surface area contributed by atoms with Crippen molar-refractivity contribution < 1.29 is 4.79 Å². The van der Waals surface area contributed by atoms with Crippen LogP contribution in [0.15, 0.2) is 0 Å². The van der Waals surface area contributed by atoms with Crippen LogP contribution in [0.4, 0.5) is 0 Å². The van der Waals surface area contributed by atoms with Crippen molar-refractivity contribution in [3.05, 3.63) is 0 Å². The Hall–Kier alpha value is -1.01. The van der Waals surface area contributed by atoms with Crippen LogP contribution in [0.1, 0.15) is 33.1 Å². The molecule has 13 heavy (non-hydrogen) atoms. The van der Waals surface area contributed by atoms with Crippen LogP contribution >= 0.6 is 0 Å². The summed E-state index contributed by atoms with van der Waals surface area (Å²) < 4.78 is 0. The van der Waals surface area contributed by atoms with Crippen LogP contribution in [-0.2, 0) is 4.79 Å². The van der Waals surface area contributed by atoms with Crippen molar-refractivity contribution in [3.63, 3.8) is 0 Å². The molecule has 1 saturated heterocycles. The lowest BCUT2D eigenvalue weighted by Crippen LogP contribution is -2.44. The Morgan fingerprint density at radius 1 is 1.69 bits per heavy atom. The second-order valence-electron chi connectivity index (χ2n) is 3.84. The van der Waals surface area contributed by atoms with Crippen LogP contribution in [0.5, 0.6) is 0 Å². The van der Waals surface area contributed by atoms with E-state index in [1.807, 2.05) is 13.8 Å². The van der Waals surface area contributed by atoms with Gasteiger partial charge in [0.25, 0.3) is 0 Å². The summed E-state index contributed by atoms with van der Waals surface area (Å²) >= 11 is 0. The number of carbonyl (C=O) groups is 1. The third-order valence-corrected chi connectivity index (χ3v) is 2.26. The fourth-order valence-corrected chi connectivity index (χ4v) is 1.42. The Labute approximate surface area is 79.5 Å². The van der Waals surface area contributed by atoms with Crippen LogP contribution < -0.4 is 5.43 Å². The summed E-state index contributed by atoms with van der Waals surface area (Å²) in [5.41, 5.74) is 4.04. The smallest absolute Gasteiger partial charge is 0.239 e. The first kappa shape index (κ1) is 10.1. The van der Waals surface area contributed by atoms with Crippen LogP contribution in [0.2, 0.25) is 0 Å². The third-order valence-electron chi connectivity index (χ3n) is 2.26. The van der Waals surface area contributed by atoms with Crippen molar-refractivity contribution >= 4 is 5.91 Å². The van der Waals surface area contributed by atoms with Gasteiger partial charge >= 0.3 is 0 Å². The Bertz CT molecular complexity index is 240. The second-order valence-corrected chi connectivity index (χ2v) is 3.84. The van der Waals surface area contributed by atoms with E-state index in [0.29, 0.717) is 12.8 Å². The second kappa shape index (κ2) is 3.80. The first-order valence-corrected chi connectivity index (χ1v) is 4.52. The Morgan fingerprint density at radius 2 is 2.38 bits per heavy atom. The third kappa shape index (κ3) is 2.22. The molecule has 0 bridgehead atoms. The first-order chi connectivity index (χ1) is 6.08. The number of hydrogen-bond donors (Lipinski definition) is 0. The lowest BCUT2D eigenvalue weighted by Gasteiger charge is -2.29. The number of rotatable bonds is 2. The molecule has 1 heterocycles. The number of carbonyl (C=O) groups excluding carboxylic acids is 1. The van der Waals surface area contributed by atoms with Gasteiger partial charge in [0.1, 0.15) is 0 Å². The summed E-state index contributed by atoms with van der Waals surface area (Å²) in [6.45, 7) is 4.79. The lowest BCUT2D eigenvalue weighted by molar-refractivity contribution is -0.137. The van der Waals surface area contributed by atoms with E-state index >= 15 is 0 Å². The van der Waals surface area contributed by atoms with E-state index in [1.165, 1.54) is 0 Å². The van der Waals surface area contributed by atoms with Crippen molar-refractivity contribution in [3.8, 4) is 12.3 Å². The van der Waals surface area contributed by atoms with Gasteiger partial charge in [-0.15, -0.1) is 17.8 Å². The molecule has 0 N–H and O–H groups in total. The molecule has 3 heteroatoms. The zero-order valence-corrected chi connectivity index (χ0v) is 8.21. The van der Waals surface area contributed by atoms with Gasteiger partial charge in [-0.2, -0.15) is 0 Å². The molecule has 1 rings (SSSR count). The van der Waals surface area contributed by atoms with E-state index in [9.17, 15) is 4.79 Å². The van der Waals surface area contributed by atoms with E-state index < -0.39 is 0 Å². The molecule has 0 atom stereocenters. The molecule has 1 aliphatic heterocycles. The number of nitrogens with zero attached hydrogens (tertiary/aromatic N) is 2. The summed E-state index contributed by atoms with van der Waals surface area (Å²) in [6.07, 6.45) is 6.94. The molecular formula is C10H15N2O. The number of terminal acetylenes is 1. The molecular weight excluding hydrogens is 164 g/mol. The molecule has 0 spiro atoms. The minimum Gasteiger partial charge on any atom is -0.273 e. The fraction of sp³-hybridized carbons (Fsp3) is 0.700. The van der Waals surface area contributed by atoms with E-state index in [4.69, 9.17) is 6.42 Å². The van der Waals surface area contributed by atoms with Gasteiger partial charge in [-0.25, -0.2) is 0 Å². The molecule has 0 aromatic heterocycles. The highest BCUT2D eigenvalue weighted by Gasteiger charge is 2.36. The molecule has 1 aliphatic rings. The summed E-state index contributed by atoms with van der Waals surface area (Å²) in [4.78, 5) is 11.6. The van der Waals surface area contributed by atoms with Gasteiger partial charge in [-0.05, 0) is 20.3 Å². The van der Waals surface area contributed by atoms with Crippen molar-refractivity contribution in [2.24, 2.45) is 0 Å². The van der Waals surface area contributed by atoms with Gasteiger partial charge < -0.3 is 0 Å². The molecule has 1 fully saturated rings. The summed E-state index contributed by atoms with van der Waals surface area (Å²) in [7, 11) is 0. The Morgan fingerprint density at radius 3 is 2.85 bits per heavy atom. The predicted octanol–water partition coefficient (Wildman–Crippen LogP) is 0.930. The van der Waals surface area contributed by atoms with Gasteiger partial charge in [0.15, 0.2) is 0 Å². The van der Waals surface area contributed by atoms with Crippen molar-refractivity contribution in [1.82, 2.24) is 10.4 Å². The van der Waals surface area contributed by atoms with Gasteiger partial charge in [0.05, 0.1) is 5.54 Å². The molecule has 71 valence electrons. The molecule has 0 aliphatic carbocycles. The van der Waals surface area contributed by atoms with Gasteiger partial charge in [0, 0.05) is 19.4 Å². The van der Waals surface area contributed by atoms with Crippen molar-refractivity contribution in [2.45, 2.75) is 38.6 Å². The average Bonchev–Trinajstić information content (AvgIpc) is 2.41. The maximum atomic E-state index is 11.6. The molecule has 3 nitrogen and oxygen atoms in total. The summed E-state index contributed by atoms with van der Waals surface area (Å²) in [6, 6.07) is 0. The maximum absolute atomic E-state index is 11.6. The zero-order valence-electron chi connectivity index (χ0n) is 8.21. The summed E-state index contributed by atoms with van der Waals surface area (Å²) in [5, 5.41) is 1.59. The molecule has 0 saturated carbocycles. The van der Waals surface area contributed by atoms with Gasteiger partial charge in [0.2, 0.25) is 5.91 Å². The highest BCUT2D eigenvalue weighted by atomic mass is 16.2. The van der Waals surface area contributed by atoms with Gasteiger partial charge in [-0.1, -0.05) is 0 Å². The highest BCUT2D eigenvalue weighted by Crippen LogP contribution is 2.23. The first-order valence-electron chi connectivity index (χ1n) is 4.52. The molecule has 0 aromatic carbocycles. The Kier molecular flexibility index (Phi) is 2.94. The topological polar surface area (TPSA) is 34.4 Å². The highest BCUT2D eigenvalue weighted by molar-refractivity contribution is 5.77. The van der Waals surface area contributed by atoms with Gasteiger partial charge in [-0.3, -0.25) is 9.80 Å². The maximum Gasteiger partial charge on any atom is 0.239 e. The van der Waals surface area contributed by atoms with Crippen LogP contribution in [0, 0.1) is 12.3 Å². The minimum atomic E-state index is -0.119. The van der Waals surface area contributed by atoms with Crippen LogP contribution in [-0.4, -0.2) is 23.0 Å². The molecule has 1 radical (unpaired) electrons. The predicted molar refractivity (Wildman–Crippen MR) is 50.6 cm³/mol. The van der Waals surface area contributed by atoms with E-state index in [2.05, 4.69) is 11.3 Å². The fourth-order valence-electron chi connectivity index (χ4n) is 1.42.